The van der Waals surface area contributed by atoms with Crippen LogP contribution in [0.3, 0.4) is 0 Å². The van der Waals surface area contributed by atoms with Gasteiger partial charge in [-0.05, 0) is 32.0 Å². The summed E-state index contributed by atoms with van der Waals surface area (Å²) < 4.78 is 0.885. The minimum absolute atomic E-state index is 0.0991. The molecule has 0 radical (unpaired) electrons. The number of nitriles is 1. The molecule has 0 aliphatic rings. The Morgan fingerprint density at radius 3 is 3.00 bits per heavy atom. The van der Waals surface area contributed by atoms with E-state index in [0.717, 1.165) is 10.0 Å². The lowest BCUT2D eigenvalue weighted by Crippen LogP contribution is -2.22. The van der Waals surface area contributed by atoms with Crippen molar-refractivity contribution in [3.8, 4) is 6.07 Å². The Hall–Kier alpha value is -1.84. The topological polar surface area (TPSA) is 65.8 Å². The lowest BCUT2D eigenvalue weighted by atomic mass is 10.2. The smallest absolute Gasteiger partial charge is 0.237 e. The average molecular weight is 303 g/mol. The number of hydrogen-bond acceptors (Lipinski definition) is 5. The molecule has 0 unspecified atom stereocenters. The molecule has 0 saturated carbocycles. The monoisotopic (exact) mass is 303 g/mol. The predicted octanol–water partition coefficient (Wildman–Crippen LogP) is 3.44. The number of carbonyl (C=O) groups excluding carboxylic acids is 1. The molecule has 1 N–H and O–H groups in total. The summed E-state index contributed by atoms with van der Waals surface area (Å²) in [7, 11) is 0. The van der Waals surface area contributed by atoms with Crippen LogP contribution in [-0.4, -0.2) is 16.1 Å². The summed E-state index contributed by atoms with van der Waals surface area (Å²) in [6.07, 6.45) is 0. The third-order valence-electron chi connectivity index (χ3n) is 2.50. The Kier molecular flexibility index (Phi) is 4.77. The van der Waals surface area contributed by atoms with Gasteiger partial charge in [-0.2, -0.15) is 5.26 Å². The van der Waals surface area contributed by atoms with Crippen molar-refractivity contribution in [3.63, 3.8) is 0 Å². The Labute approximate surface area is 125 Å². The Morgan fingerprint density at radius 1 is 1.55 bits per heavy atom. The molecule has 1 heterocycles. The Bertz CT molecular complexity index is 660. The molecule has 1 aromatic carbocycles. The highest BCUT2D eigenvalue weighted by molar-refractivity contribution is 8.02. The molecule has 2 aromatic rings. The van der Waals surface area contributed by atoms with Crippen LogP contribution in [0.5, 0.6) is 0 Å². The number of hydrogen-bond donors (Lipinski definition) is 1. The number of benzene rings is 1. The fourth-order valence-electron chi connectivity index (χ4n) is 1.50. The van der Waals surface area contributed by atoms with Gasteiger partial charge < -0.3 is 5.32 Å². The van der Waals surface area contributed by atoms with Crippen molar-refractivity contribution in [3.05, 3.63) is 40.9 Å². The molecule has 20 heavy (non-hydrogen) atoms. The quantitative estimate of drug-likeness (QED) is 0.879. The maximum Gasteiger partial charge on any atom is 0.237 e. The van der Waals surface area contributed by atoms with Crippen molar-refractivity contribution in [2.24, 2.45) is 0 Å². The summed E-state index contributed by atoms with van der Waals surface area (Å²) in [6.45, 7) is 3.77. The Balaban J connectivity index is 1.98. The number of carbonyl (C=O) groups is 1. The normalized spacial score (nSPS) is 11.7. The van der Waals surface area contributed by atoms with Gasteiger partial charge in [0.25, 0.3) is 0 Å². The summed E-state index contributed by atoms with van der Waals surface area (Å²) in [5.74, 6) is -0.0991. The van der Waals surface area contributed by atoms with Crippen molar-refractivity contribution in [1.29, 1.82) is 5.26 Å². The maximum absolute atomic E-state index is 12.1. The second-order valence-corrected chi connectivity index (χ2v) is 6.64. The van der Waals surface area contributed by atoms with Crippen LogP contribution < -0.4 is 5.32 Å². The molecule has 0 saturated heterocycles. The molecular formula is C14H13N3OS2. The van der Waals surface area contributed by atoms with Crippen LogP contribution in [0.4, 0.5) is 5.69 Å². The SMILES string of the molecule is Cc1csc(S[C@H](C)C(=O)Nc2cccc(C#N)c2)n1. The molecule has 0 fully saturated rings. The van der Waals surface area contributed by atoms with Crippen molar-refractivity contribution in [2.75, 3.05) is 5.32 Å². The predicted molar refractivity (Wildman–Crippen MR) is 82.0 cm³/mol. The number of nitrogens with one attached hydrogen (secondary N) is 1. The van der Waals surface area contributed by atoms with Gasteiger partial charge in [0.1, 0.15) is 0 Å². The largest absolute Gasteiger partial charge is 0.325 e. The van der Waals surface area contributed by atoms with Crippen LogP contribution in [0.25, 0.3) is 0 Å². The van der Waals surface area contributed by atoms with Crippen LogP contribution in [0.15, 0.2) is 34.0 Å². The average Bonchev–Trinajstić information content (AvgIpc) is 2.84. The number of amides is 1. The van der Waals surface area contributed by atoms with E-state index in [4.69, 9.17) is 5.26 Å². The summed E-state index contributed by atoms with van der Waals surface area (Å²) in [6, 6.07) is 8.92. The second kappa shape index (κ2) is 6.55. The highest BCUT2D eigenvalue weighted by atomic mass is 32.2. The zero-order chi connectivity index (χ0) is 14.5. The molecule has 102 valence electrons. The molecule has 1 amide bonds. The number of rotatable bonds is 4. The van der Waals surface area contributed by atoms with E-state index in [2.05, 4.69) is 10.3 Å². The van der Waals surface area contributed by atoms with Gasteiger partial charge in [-0.15, -0.1) is 11.3 Å². The molecule has 0 aliphatic heterocycles. The zero-order valence-electron chi connectivity index (χ0n) is 11.1. The molecule has 0 aliphatic carbocycles. The second-order valence-electron chi connectivity index (χ2n) is 4.20. The molecule has 0 spiro atoms. The van der Waals surface area contributed by atoms with Crippen LogP contribution in [-0.2, 0) is 4.79 Å². The van der Waals surface area contributed by atoms with E-state index in [0.29, 0.717) is 11.3 Å². The first-order chi connectivity index (χ1) is 9.58. The number of anilines is 1. The molecular weight excluding hydrogens is 290 g/mol. The molecule has 1 atom stereocenters. The molecule has 1 aromatic heterocycles. The third kappa shape index (κ3) is 3.83. The molecule has 0 bridgehead atoms. The number of thiazole rings is 1. The third-order valence-corrected chi connectivity index (χ3v) is 4.69. The Morgan fingerprint density at radius 2 is 2.35 bits per heavy atom. The van der Waals surface area contributed by atoms with Crippen LogP contribution in [0.2, 0.25) is 0 Å². The standard InChI is InChI=1S/C14H13N3OS2/c1-9-8-19-14(16-9)20-10(2)13(18)17-12-5-3-4-11(6-12)7-15/h3-6,8,10H,1-2H3,(H,17,18)/t10-/m1/s1. The van der Waals surface area contributed by atoms with Gasteiger partial charge in [-0.3, -0.25) is 4.79 Å². The maximum atomic E-state index is 12.1. The highest BCUT2D eigenvalue weighted by Gasteiger charge is 2.16. The number of thioether (sulfide) groups is 1. The van der Waals surface area contributed by atoms with Crippen LogP contribution in [0, 0.1) is 18.3 Å². The zero-order valence-corrected chi connectivity index (χ0v) is 12.7. The highest BCUT2D eigenvalue weighted by Crippen LogP contribution is 2.27. The lowest BCUT2D eigenvalue weighted by Gasteiger charge is -2.10. The van der Waals surface area contributed by atoms with E-state index in [9.17, 15) is 4.79 Å². The molecule has 2 rings (SSSR count). The van der Waals surface area contributed by atoms with E-state index in [1.807, 2.05) is 25.3 Å². The van der Waals surface area contributed by atoms with Gasteiger partial charge in [0, 0.05) is 16.8 Å². The van der Waals surface area contributed by atoms with E-state index >= 15 is 0 Å². The van der Waals surface area contributed by atoms with Crippen LogP contribution >= 0.6 is 23.1 Å². The van der Waals surface area contributed by atoms with Gasteiger partial charge in [-0.1, -0.05) is 17.8 Å². The molecule has 4 nitrogen and oxygen atoms in total. The van der Waals surface area contributed by atoms with Gasteiger partial charge in [0.05, 0.1) is 16.9 Å². The van der Waals surface area contributed by atoms with Gasteiger partial charge in [0.15, 0.2) is 4.34 Å². The molecule has 6 heteroatoms. The number of aryl methyl sites for hydroxylation is 1. The summed E-state index contributed by atoms with van der Waals surface area (Å²) in [4.78, 5) is 16.4. The number of aromatic nitrogens is 1. The van der Waals surface area contributed by atoms with Crippen molar-refractivity contribution >= 4 is 34.7 Å². The van der Waals surface area contributed by atoms with E-state index in [1.54, 1.807) is 24.3 Å². The number of nitrogens with zero attached hydrogens (tertiary/aromatic N) is 2. The lowest BCUT2D eigenvalue weighted by molar-refractivity contribution is -0.115. The first kappa shape index (κ1) is 14.6. The minimum Gasteiger partial charge on any atom is -0.325 e. The minimum atomic E-state index is -0.244. The van der Waals surface area contributed by atoms with E-state index in [1.165, 1.54) is 23.1 Å². The fourth-order valence-corrected chi connectivity index (χ4v) is 3.49. The van der Waals surface area contributed by atoms with Gasteiger partial charge >= 0.3 is 0 Å². The van der Waals surface area contributed by atoms with Crippen molar-refractivity contribution in [2.45, 2.75) is 23.4 Å². The van der Waals surface area contributed by atoms with Crippen molar-refractivity contribution < 1.29 is 4.79 Å². The van der Waals surface area contributed by atoms with E-state index < -0.39 is 0 Å². The van der Waals surface area contributed by atoms with Gasteiger partial charge in [-0.25, -0.2) is 4.98 Å². The van der Waals surface area contributed by atoms with Crippen molar-refractivity contribution in [1.82, 2.24) is 4.98 Å². The fraction of sp³-hybridized carbons (Fsp3) is 0.214. The summed E-state index contributed by atoms with van der Waals surface area (Å²) in [5.41, 5.74) is 2.13. The summed E-state index contributed by atoms with van der Waals surface area (Å²) in [5, 5.41) is 13.4. The van der Waals surface area contributed by atoms with Gasteiger partial charge in [0.2, 0.25) is 5.91 Å². The first-order valence-electron chi connectivity index (χ1n) is 5.98. The van der Waals surface area contributed by atoms with Crippen LogP contribution in [0.1, 0.15) is 18.2 Å². The van der Waals surface area contributed by atoms with E-state index in [-0.39, 0.29) is 11.2 Å². The first-order valence-corrected chi connectivity index (χ1v) is 7.74. The summed E-state index contributed by atoms with van der Waals surface area (Å²) >= 11 is 2.97.